The number of fused-ring (bicyclic) bond motifs is 1. The Kier molecular flexibility index (Phi) is 5.67. The number of anilines is 2. The number of nitrogens with one attached hydrogen (secondary N) is 1. The first kappa shape index (κ1) is 19.0. The predicted octanol–water partition coefficient (Wildman–Crippen LogP) is 3.18. The van der Waals surface area contributed by atoms with Crippen LogP contribution >= 0.6 is 0 Å². The molecule has 6 heteroatoms. The van der Waals surface area contributed by atoms with Gasteiger partial charge in [0.2, 0.25) is 6.41 Å². The van der Waals surface area contributed by atoms with E-state index in [0.717, 1.165) is 43.3 Å². The van der Waals surface area contributed by atoms with Gasteiger partial charge >= 0.3 is 0 Å². The van der Waals surface area contributed by atoms with Crippen LogP contribution in [0.5, 0.6) is 0 Å². The Balaban J connectivity index is 1.54. The minimum absolute atomic E-state index is 0.638. The monoisotopic (exact) mass is 381 g/mol. The van der Waals surface area contributed by atoms with Gasteiger partial charge in [0.25, 0.3) is 0 Å². The van der Waals surface area contributed by atoms with Gasteiger partial charge in [-0.05, 0) is 63.4 Å². The number of aromatic nitrogens is 2. The van der Waals surface area contributed by atoms with E-state index in [4.69, 9.17) is 5.10 Å². The van der Waals surface area contributed by atoms with Gasteiger partial charge < -0.3 is 15.1 Å². The number of amides is 1. The van der Waals surface area contributed by atoms with Crippen molar-refractivity contribution in [3.05, 3.63) is 41.1 Å². The fourth-order valence-electron chi connectivity index (χ4n) is 4.56. The van der Waals surface area contributed by atoms with E-state index in [-0.39, 0.29) is 0 Å². The summed E-state index contributed by atoms with van der Waals surface area (Å²) >= 11 is 0. The lowest BCUT2D eigenvalue weighted by atomic mass is 9.95. The molecule has 0 saturated carbocycles. The first-order chi connectivity index (χ1) is 13.6. The number of rotatable bonds is 6. The molecular formula is C22H31N5O. The maximum Gasteiger partial charge on any atom is 0.210 e. The summed E-state index contributed by atoms with van der Waals surface area (Å²) in [5, 5.41) is 8.44. The third-order valence-electron chi connectivity index (χ3n) is 6.06. The molecule has 1 fully saturated rings. The number of likely N-dealkylation sites (tertiary alicyclic amines) is 1. The van der Waals surface area contributed by atoms with Crippen LogP contribution in [0.2, 0.25) is 0 Å². The summed E-state index contributed by atoms with van der Waals surface area (Å²) in [7, 11) is 2.22. The summed E-state index contributed by atoms with van der Waals surface area (Å²) in [4.78, 5) is 15.6. The van der Waals surface area contributed by atoms with Crippen LogP contribution in [0.15, 0.2) is 24.3 Å². The minimum atomic E-state index is 0.638. The number of aryl methyl sites for hydroxylation is 2. The number of carbonyl (C=O) groups is 1. The Morgan fingerprint density at radius 1 is 1.32 bits per heavy atom. The smallest absolute Gasteiger partial charge is 0.210 e. The molecule has 150 valence electrons. The highest BCUT2D eigenvalue weighted by molar-refractivity contribution is 5.62. The molecular weight excluding hydrogens is 350 g/mol. The lowest BCUT2D eigenvalue weighted by Crippen LogP contribution is -2.33. The molecule has 2 aliphatic heterocycles. The van der Waals surface area contributed by atoms with E-state index in [1.807, 2.05) is 4.90 Å². The summed E-state index contributed by atoms with van der Waals surface area (Å²) in [6.45, 7) is 6.87. The minimum Gasteiger partial charge on any atom is -0.340 e. The summed E-state index contributed by atoms with van der Waals surface area (Å²) in [5.41, 5.74) is 4.72. The van der Waals surface area contributed by atoms with Gasteiger partial charge in [-0.1, -0.05) is 12.1 Å². The Morgan fingerprint density at radius 3 is 3.00 bits per heavy atom. The average molecular weight is 382 g/mol. The third-order valence-corrected chi connectivity index (χ3v) is 6.06. The highest BCUT2D eigenvalue weighted by Gasteiger charge is 2.25. The number of carbonyl (C=O) groups excluding carboxylic acids is 1. The Hall–Kier alpha value is -2.34. The molecule has 2 aliphatic rings. The van der Waals surface area contributed by atoms with Gasteiger partial charge in [0.15, 0.2) is 5.82 Å². The van der Waals surface area contributed by atoms with E-state index >= 15 is 0 Å². The van der Waals surface area contributed by atoms with Gasteiger partial charge in [-0.2, -0.15) is 5.10 Å². The van der Waals surface area contributed by atoms with Crippen molar-refractivity contribution in [2.45, 2.75) is 45.7 Å². The molecule has 2 aromatic rings. The highest BCUT2D eigenvalue weighted by Crippen LogP contribution is 2.29. The van der Waals surface area contributed by atoms with Crippen molar-refractivity contribution in [2.24, 2.45) is 5.92 Å². The van der Waals surface area contributed by atoms with Gasteiger partial charge in [0.05, 0.1) is 6.54 Å². The molecule has 1 aromatic carbocycles. The average Bonchev–Trinajstić information content (AvgIpc) is 3.03. The molecule has 4 rings (SSSR count). The maximum atomic E-state index is 11.3. The van der Waals surface area contributed by atoms with Crippen LogP contribution in [-0.2, 0) is 24.3 Å². The van der Waals surface area contributed by atoms with Crippen molar-refractivity contribution >= 4 is 17.9 Å². The number of benzene rings is 1. The van der Waals surface area contributed by atoms with Gasteiger partial charge in [-0.3, -0.25) is 9.48 Å². The predicted molar refractivity (Wildman–Crippen MR) is 112 cm³/mol. The molecule has 0 aliphatic carbocycles. The molecule has 1 saturated heterocycles. The molecule has 0 spiro atoms. The molecule has 1 N–H and O–H groups in total. The van der Waals surface area contributed by atoms with Crippen molar-refractivity contribution in [2.75, 3.05) is 32.0 Å². The molecule has 0 bridgehead atoms. The van der Waals surface area contributed by atoms with Crippen LogP contribution in [0.25, 0.3) is 0 Å². The van der Waals surface area contributed by atoms with Crippen LogP contribution in [0, 0.1) is 12.8 Å². The quantitative estimate of drug-likeness (QED) is 0.781. The van der Waals surface area contributed by atoms with Crippen molar-refractivity contribution in [3.63, 3.8) is 0 Å². The molecule has 1 amide bonds. The van der Waals surface area contributed by atoms with Crippen LogP contribution < -0.4 is 5.32 Å². The SMILES string of the molecule is Cc1cccc(Nc2nn(CCC3CCCN(C)C3)c3c2CN(C=O)CC3)c1. The number of hydrogen-bond acceptors (Lipinski definition) is 4. The molecule has 28 heavy (non-hydrogen) atoms. The molecule has 1 unspecified atom stereocenters. The zero-order chi connectivity index (χ0) is 19.5. The van der Waals surface area contributed by atoms with Crippen molar-refractivity contribution < 1.29 is 4.79 Å². The molecule has 1 atom stereocenters. The maximum absolute atomic E-state index is 11.3. The summed E-state index contributed by atoms with van der Waals surface area (Å²) in [5.74, 6) is 1.65. The van der Waals surface area contributed by atoms with E-state index in [0.29, 0.717) is 6.54 Å². The summed E-state index contributed by atoms with van der Waals surface area (Å²) < 4.78 is 2.20. The zero-order valence-electron chi connectivity index (χ0n) is 17.0. The number of piperidine rings is 1. The lowest BCUT2D eigenvalue weighted by Gasteiger charge is -2.30. The number of nitrogens with zero attached hydrogens (tertiary/aromatic N) is 4. The summed E-state index contributed by atoms with van der Waals surface area (Å²) in [6, 6.07) is 8.34. The van der Waals surface area contributed by atoms with Crippen molar-refractivity contribution in [1.82, 2.24) is 19.6 Å². The standard InChI is InChI=1S/C22H31N5O/c1-17-5-3-7-19(13-17)23-22-20-15-26(16-28)11-9-21(20)27(24-22)12-8-18-6-4-10-25(2)14-18/h3,5,7,13,16,18H,4,6,8-12,14-15H2,1-2H3,(H,23,24). The third kappa shape index (κ3) is 4.22. The molecule has 3 heterocycles. The second-order valence-corrected chi connectivity index (χ2v) is 8.38. The van der Waals surface area contributed by atoms with Crippen LogP contribution in [-0.4, -0.2) is 52.7 Å². The Bertz CT molecular complexity index is 830. The fourth-order valence-corrected chi connectivity index (χ4v) is 4.56. The van der Waals surface area contributed by atoms with E-state index in [9.17, 15) is 4.79 Å². The van der Waals surface area contributed by atoms with Gasteiger partial charge in [-0.15, -0.1) is 0 Å². The first-order valence-corrected chi connectivity index (χ1v) is 10.4. The van der Waals surface area contributed by atoms with Gasteiger partial charge in [-0.25, -0.2) is 0 Å². The molecule has 6 nitrogen and oxygen atoms in total. The Labute approximate surface area is 167 Å². The first-order valence-electron chi connectivity index (χ1n) is 10.4. The highest BCUT2D eigenvalue weighted by atomic mass is 16.1. The van der Waals surface area contributed by atoms with E-state index in [2.05, 4.69) is 53.1 Å². The normalized spacial score (nSPS) is 20.1. The second-order valence-electron chi connectivity index (χ2n) is 8.38. The second kappa shape index (κ2) is 8.35. The molecule has 1 aromatic heterocycles. The van der Waals surface area contributed by atoms with Crippen LogP contribution in [0.1, 0.15) is 36.1 Å². The lowest BCUT2D eigenvalue weighted by molar-refractivity contribution is -0.118. The fraction of sp³-hybridized carbons (Fsp3) is 0.545. The largest absolute Gasteiger partial charge is 0.340 e. The van der Waals surface area contributed by atoms with Crippen LogP contribution in [0.4, 0.5) is 11.5 Å². The molecule has 0 radical (unpaired) electrons. The van der Waals surface area contributed by atoms with E-state index in [1.165, 1.54) is 49.2 Å². The zero-order valence-corrected chi connectivity index (χ0v) is 17.0. The van der Waals surface area contributed by atoms with Crippen molar-refractivity contribution in [3.8, 4) is 0 Å². The van der Waals surface area contributed by atoms with Gasteiger partial charge in [0, 0.05) is 43.0 Å². The van der Waals surface area contributed by atoms with E-state index in [1.54, 1.807) is 0 Å². The number of hydrogen-bond donors (Lipinski definition) is 1. The van der Waals surface area contributed by atoms with Crippen molar-refractivity contribution in [1.29, 1.82) is 0 Å². The van der Waals surface area contributed by atoms with Gasteiger partial charge in [0.1, 0.15) is 0 Å². The Morgan fingerprint density at radius 2 is 2.21 bits per heavy atom. The van der Waals surface area contributed by atoms with Crippen LogP contribution in [0.3, 0.4) is 0 Å². The topological polar surface area (TPSA) is 53.4 Å². The summed E-state index contributed by atoms with van der Waals surface area (Å²) in [6.07, 6.45) is 5.61. The van der Waals surface area contributed by atoms with E-state index < -0.39 is 0 Å².